The van der Waals surface area contributed by atoms with Gasteiger partial charge in [0, 0.05) is 5.41 Å². The Kier molecular flexibility index (Phi) is 4.64. The highest BCUT2D eigenvalue weighted by Crippen LogP contribution is 2.61. The third kappa shape index (κ3) is 3.02. The second-order valence-electron chi connectivity index (χ2n) is 10.3. The van der Waals surface area contributed by atoms with Gasteiger partial charge in [0.2, 0.25) is 5.95 Å². The highest BCUT2D eigenvalue weighted by Gasteiger charge is 2.54. The van der Waals surface area contributed by atoms with Crippen molar-refractivity contribution < 1.29 is 25.2 Å². The molecule has 32 heavy (non-hydrogen) atoms. The fourth-order valence-electron chi connectivity index (χ4n) is 7.09. The fourth-order valence-corrected chi connectivity index (χ4v) is 7.09. The SMILES string of the molecule is O=c1[nH]c(NC(O)C23CC4CC(CC(C4)C2)C3)nc2c1ncn2C1OC(CO)C(O)C1O. The summed E-state index contributed by atoms with van der Waals surface area (Å²) in [6.45, 7) is -0.459. The molecule has 4 bridgehead atoms. The van der Waals surface area contributed by atoms with Crippen LogP contribution in [-0.2, 0) is 4.74 Å². The van der Waals surface area contributed by atoms with Gasteiger partial charge in [0.25, 0.3) is 5.56 Å². The summed E-state index contributed by atoms with van der Waals surface area (Å²) in [5.41, 5.74) is -0.478. The Morgan fingerprint density at radius 2 is 1.84 bits per heavy atom. The van der Waals surface area contributed by atoms with Crippen molar-refractivity contribution >= 4 is 17.1 Å². The molecule has 5 aliphatic rings. The van der Waals surface area contributed by atoms with Crippen molar-refractivity contribution in [1.29, 1.82) is 0 Å². The van der Waals surface area contributed by atoms with Crippen LogP contribution in [0.15, 0.2) is 11.1 Å². The quantitative estimate of drug-likeness (QED) is 0.337. The lowest BCUT2D eigenvalue weighted by atomic mass is 9.49. The first kappa shape index (κ1) is 20.5. The average molecular weight is 447 g/mol. The maximum absolute atomic E-state index is 12.6. The Balaban J connectivity index is 1.30. The number of aliphatic hydroxyl groups is 4. The standard InChI is InChI=1S/C21H29N5O6/c27-7-12-14(28)15(29)18(32-12)26-8-22-13-16(26)23-20(24-17(13)30)25-19(31)21-4-9-1-10(5-21)3-11(2-9)6-21/h8-12,14-15,18-19,27-29,31H,1-7H2,(H2,23,24,25,30). The van der Waals surface area contributed by atoms with Crippen molar-refractivity contribution in [3.05, 3.63) is 16.7 Å². The van der Waals surface area contributed by atoms with Gasteiger partial charge in [0.15, 0.2) is 17.4 Å². The number of hydrogen-bond acceptors (Lipinski definition) is 9. The minimum atomic E-state index is -1.32. The molecule has 7 rings (SSSR count). The van der Waals surface area contributed by atoms with Gasteiger partial charge in [-0.15, -0.1) is 0 Å². The highest BCUT2D eigenvalue weighted by atomic mass is 16.6. The zero-order chi connectivity index (χ0) is 22.2. The van der Waals surface area contributed by atoms with E-state index in [1.807, 2.05) is 0 Å². The number of aromatic nitrogens is 4. The Morgan fingerprint density at radius 3 is 2.44 bits per heavy atom. The van der Waals surface area contributed by atoms with E-state index in [2.05, 4.69) is 20.3 Å². The Hall–Kier alpha value is -2.05. The van der Waals surface area contributed by atoms with Gasteiger partial charge >= 0.3 is 0 Å². The number of hydrogen-bond donors (Lipinski definition) is 6. The van der Waals surface area contributed by atoms with Crippen LogP contribution in [0.3, 0.4) is 0 Å². The van der Waals surface area contributed by atoms with Crippen molar-refractivity contribution in [3.8, 4) is 0 Å². The van der Waals surface area contributed by atoms with E-state index in [0.717, 1.165) is 19.3 Å². The first-order valence-corrected chi connectivity index (χ1v) is 11.4. The van der Waals surface area contributed by atoms with Crippen molar-refractivity contribution in [1.82, 2.24) is 19.5 Å². The largest absolute Gasteiger partial charge is 0.394 e. The summed E-state index contributed by atoms with van der Waals surface area (Å²) in [5.74, 6) is 2.13. The van der Waals surface area contributed by atoms with E-state index in [1.165, 1.54) is 30.2 Å². The van der Waals surface area contributed by atoms with Gasteiger partial charge in [-0.1, -0.05) is 0 Å². The van der Waals surface area contributed by atoms with Crippen LogP contribution >= 0.6 is 0 Å². The van der Waals surface area contributed by atoms with E-state index in [-0.39, 0.29) is 22.5 Å². The van der Waals surface area contributed by atoms with Crippen molar-refractivity contribution in [3.63, 3.8) is 0 Å². The predicted molar refractivity (Wildman–Crippen MR) is 111 cm³/mol. The monoisotopic (exact) mass is 447 g/mol. The number of rotatable bonds is 5. The molecule has 5 unspecified atom stereocenters. The Morgan fingerprint density at radius 1 is 1.19 bits per heavy atom. The molecule has 3 heterocycles. The molecular formula is C21H29N5O6. The smallest absolute Gasteiger partial charge is 0.280 e. The molecular weight excluding hydrogens is 418 g/mol. The van der Waals surface area contributed by atoms with Crippen LogP contribution in [0.1, 0.15) is 44.8 Å². The normalized spacial score (nSPS) is 41.4. The van der Waals surface area contributed by atoms with Crippen molar-refractivity contribution in [2.24, 2.45) is 23.2 Å². The summed E-state index contributed by atoms with van der Waals surface area (Å²) in [5, 5.41) is 44.0. The molecule has 1 aliphatic heterocycles. The van der Waals surface area contributed by atoms with Crippen LogP contribution in [0.4, 0.5) is 5.95 Å². The number of nitrogens with zero attached hydrogens (tertiary/aromatic N) is 3. The maximum atomic E-state index is 12.6. The average Bonchev–Trinajstić information content (AvgIpc) is 3.28. The van der Waals surface area contributed by atoms with Gasteiger partial charge in [-0.3, -0.25) is 14.3 Å². The summed E-state index contributed by atoms with van der Waals surface area (Å²) >= 11 is 0. The number of nitrogens with one attached hydrogen (secondary N) is 2. The summed E-state index contributed by atoms with van der Waals surface area (Å²) in [4.78, 5) is 23.8. The number of aliphatic hydroxyl groups excluding tert-OH is 4. The van der Waals surface area contributed by atoms with E-state index < -0.39 is 42.9 Å². The molecule has 5 atom stereocenters. The number of anilines is 1. The first-order valence-electron chi connectivity index (χ1n) is 11.4. The molecule has 6 N–H and O–H groups in total. The van der Waals surface area contributed by atoms with Gasteiger partial charge in [-0.2, -0.15) is 4.98 Å². The number of fused-ring (bicyclic) bond motifs is 1. The number of ether oxygens (including phenoxy) is 1. The molecule has 0 spiro atoms. The van der Waals surface area contributed by atoms with Gasteiger partial charge in [0.1, 0.15) is 24.5 Å². The molecule has 0 radical (unpaired) electrons. The van der Waals surface area contributed by atoms with Gasteiger partial charge < -0.3 is 30.5 Å². The molecule has 0 amide bonds. The van der Waals surface area contributed by atoms with Crippen LogP contribution in [0, 0.1) is 23.2 Å². The van der Waals surface area contributed by atoms with Crippen molar-refractivity contribution in [2.45, 2.75) is 69.3 Å². The van der Waals surface area contributed by atoms with Crippen LogP contribution < -0.4 is 10.9 Å². The van der Waals surface area contributed by atoms with Gasteiger partial charge in [-0.25, -0.2) is 4.98 Å². The lowest BCUT2D eigenvalue weighted by molar-refractivity contribution is -0.110. The molecule has 4 saturated carbocycles. The van der Waals surface area contributed by atoms with Crippen LogP contribution in [0.2, 0.25) is 0 Å². The molecule has 1 saturated heterocycles. The Bertz CT molecular complexity index is 1050. The van der Waals surface area contributed by atoms with E-state index >= 15 is 0 Å². The topological polar surface area (TPSA) is 166 Å². The summed E-state index contributed by atoms with van der Waals surface area (Å²) in [7, 11) is 0. The molecule has 2 aromatic heterocycles. The number of imidazole rings is 1. The zero-order valence-electron chi connectivity index (χ0n) is 17.6. The molecule has 2 aromatic rings. The zero-order valence-corrected chi connectivity index (χ0v) is 17.6. The molecule has 5 fully saturated rings. The number of H-pyrrole nitrogens is 1. The van der Waals surface area contributed by atoms with Crippen LogP contribution in [0.25, 0.3) is 11.2 Å². The second-order valence-corrected chi connectivity index (χ2v) is 10.3. The van der Waals surface area contributed by atoms with E-state index in [0.29, 0.717) is 17.8 Å². The molecule has 11 heteroatoms. The van der Waals surface area contributed by atoms with Crippen molar-refractivity contribution in [2.75, 3.05) is 11.9 Å². The second kappa shape index (κ2) is 7.22. The molecule has 11 nitrogen and oxygen atoms in total. The lowest BCUT2D eigenvalue weighted by Gasteiger charge is -2.58. The molecule has 0 aromatic carbocycles. The van der Waals surface area contributed by atoms with Crippen LogP contribution in [-0.4, -0.2) is 71.1 Å². The third-order valence-corrected chi connectivity index (χ3v) is 8.16. The third-order valence-electron chi connectivity index (χ3n) is 8.16. The summed E-state index contributed by atoms with van der Waals surface area (Å²) in [6.07, 6.45) is 2.62. The van der Waals surface area contributed by atoms with Gasteiger partial charge in [-0.05, 0) is 56.3 Å². The fraction of sp³-hybridized carbons (Fsp3) is 0.762. The predicted octanol–water partition coefficient (Wildman–Crippen LogP) is -0.322. The van der Waals surface area contributed by atoms with Gasteiger partial charge in [0.05, 0.1) is 12.9 Å². The molecule has 4 aliphatic carbocycles. The molecule has 174 valence electrons. The van der Waals surface area contributed by atoms with E-state index in [9.17, 15) is 25.2 Å². The summed E-state index contributed by atoms with van der Waals surface area (Å²) in [6, 6.07) is 0. The maximum Gasteiger partial charge on any atom is 0.280 e. The summed E-state index contributed by atoms with van der Waals surface area (Å²) < 4.78 is 6.94. The van der Waals surface area contributed by atoms with E-state index in [1.54, 1.807) is 0 Å². The highest BCUT2D eigenvalue weighted by molar-refractivity contribution is 5.71. The Labute approximate surface area is 183 Å². The van der Waals surface area contributed by atoms with E-state index in [4.69, 9.17) is 4.74 Å². The number of aromatic amines is 1. The lowest BCUT2D eigenvalue weighted by Crippen LogP contribution is -2.54. The minimum absolute atomic E-state index is 0.0533. The van der Waals surface area contributed by atoms with Crippen LogP contribution in [0.5, 0.6) is 0 Å². The first-order chi connectivity index (χ1) is 15.4. The minimum Gasteiger partial charge on any atom is -0.394 e.